The Morgan fingerprint density at radius 1 is 1.00 bits per heavy atom. The van der Waals surface area contributed by atoms with E-state index in [1.807, 2.05) is 6.07 Å². The number of fused-ring (bicyclic) bond motifs is 1. The quantitative estimate of drug-likeness (QED) is 0.222. The molecule has 0 radical (unpaired) electrons. The molecular formula is C31H23F3N4O4. The second-order valence-corrected chi connectivity index (χ2v) is 9.34. The summed E-state index contributed by atoms with van der Waals surface area (Å²) in [6.45, 7) is 0.372. The van der Waals surface area contributed by atoms with E-state index in [2.05, 4.69) is 9.97 Å². The molecule has 0 spiro atoms. The number of benzene rings is 3. The third-order valence-corrected chi connectivity index (χ3v) is 6.69. The summed E-state index contributed by atoms with van der Waals surface area (Å²) in [5, 5.41) is 18.3. The van der Waals surface area contributed by atoms with Crippen molar-refractivity contribution in [3.8, 4) is 23.1 Å². The van der Waals surface area contributed by atoms with Crippen LogP contribution in [0.25, 0.3) is 22.2 Å². The summed E-state index contributed by atoms with van der Waals surface area (Å²) in [7, 11) is 1.52. The van der Waals surface area contributed by atoms with Crippen LogP contribution in [0.15, 0.2) is 66.9 Å². The summed E-state index contributed by atoms with van der Waals surface area (Å²) in [6.07, 6.45) is 1.34. The Balaban J connectivity index is 1.45. The van der Waals surface area contributed by atoms with Gasteiger partial charge >= 0.3 is 5.97 Å². The number of methoxy groups -OCH3 is 1. The van der Waals surface area contributed by atoms with Gasteiger partial charge in [0.2, 0.25) is 5.88 Å². The third-order valence-electron chi connectivity index (χ3n) is 6.69. The third kappa shape index (κ3) is 5.80. The number of aromatic carboxylic acids is 1. The Kier molecular flexibility index (Phi) is 8.17. The van der Waals surface area contributed by atoms with E-state index in [0.29, 0.717) is 30.0 Å². The summed E-state index contributed by atoms with van der Waals surface area (Å²) >= 11 is 0. The standard InChI is InChI=1S/C31H23F3N4O4/c1-41-10-9-38-28-13-19(31(39)40)6-7-27(28)37-29(38)14-21-12-26(34)23(15-25(21)33)22-3-2-8-36-30(22)42-17-20-5-4-18(16-35)11-24(20)32/h2-8,11-13,15H,9-10,14,17H2,1H3,(H,39,40). The normalized spacial score (nSPS) is 11.0. The number of imidazole rings is 1. The molecule has 0 saturated heterocycles. The zero-order valence-electron chi connectivity index (χ0n) is 22.3. The van der Waals surface area contributed by atoms with Crippen molar-refractivity contribution in [1.82, 2.24) is 14.5 Å². The van der Waals surface area contributed by atoms with Crippen LogP contribution in [-0.2, 0) is 24.3 Å². The number of nitrogens with zero attached hydrogens (tertiary/aromatic N) is 4. The van der Waals surface area contributed by atoms with E-state index in [-0.39, 0.29) is 52.3 Å². The summed E-state index contributed by atoms with van der Waals surface area (Å²) in [6, 6.07) is 15.4. The maximum absolute atomic E-state index is 15.5. The maximum Gasteiger partial charge on any atom is 0.335 e. The van der Waals surface area contributed by atoms with Crippen molar-refractivity contribution in [2.24, 2.45) is 0 Å². The Bertz CT molecular complexity index is 1850. The van der Waals surface area contributed by atoms with Gasteiger partial charge in [0.05, 0.1) is 34.8 Å². The molecule has 0 aliphatic rings. The first-order valence-electron chi connectivity index (χ1n) is 12.7. The first-order chi connectivity index (χ1) is 20.3. The summed E-state index contributed by atoms with van der Waals surface area (Å²) < 4.78 is 57.9. The Hall–Kier alpha value is -5.21. The Morgan fingerprint density at radius 2 is 1.81 bits per heavy atom. The van der Waals surface area contributed by atoms with Crippen molar-refractivity contribution in [3.05, 3.63) is 112 Å². The largest absolute Gasteiger partial charge is 0.478 e. The zero-order chi connectivity index (χ0) is 29.8. The molecule has 0 saturated carbocycles. The van der Waals surface area contributed by atoms with Crippen LogP contribution in [0.3, 0.4) is 0 Å². The van der Waals surface area contributed by atoms with Crippen molar-refractivity contribution < 1.29 is 32.5 Å². The second kappa shape index (κ2) is 12.1. The van der Waals surface area contributed by atoms with Crippen molar-refractivity contribution in [2.75, 3.05) is 13.7 Å². The van der Waals surface area contributed by atoms with Gasteiger partial charge in [-0.05, 0) is 60.2 Å². The predicted molar refractivity (Wildman–Crippen MR) is 146 cm³/mol. The average molecular weight is 573 g/mol. The number of pyridine rings is 1. The lowest BCUT2D eigenvalue weighted by molar-refractivity contribution is 0.0697. The van der Waals surface area contributed by atoms with E-state index in [0.717, 1.165) is 18.2 Å². The van der Waals surface area contributed by atoms with Gasteiger partial charge in [0.25, 0.3) is 0 Å². The first kappa shape index (κ1) is 28.3. The van der Waals surface area contributed by atoms with Gasteiger partial charge in [-0.3, -0.25) is 0 Å². The van der Waals surface area contributed by atoms with E-state index < -0.39 is 23.4 Å². The number of aromatic nitrogens is 3. The highest BCUT2D eigenvalue weighted by atomic mass is 19.1. The van der Waals surface area contributed by atoms with E-state index in [4.69, 9.17) is 14.7 Å². The molecule has 3 aromatic carbocycles. The highest BCUT2D eigenvalue weighted by Crippen LogP contribution is 2.33. The molecule has 5 rings (SSSR count). The molecule has 0 aliphatic heterocycles. The lowest BCUT2D eigenvalue weighted by Gasteiger charge is -2.14. The topological polar surface area (TPSA) is 110 Å². The average Bonchev–Trinajstić information content (AvgIpc) is 3.33. The van der Waals surface area contributed by atoms with Gasteiger partial charge in [-0.15, -0.1) is 0 Å². The van der Waals surface area contributed by atoms with Crippen molar-refractivity contribution in [1.29, 1.82) is 5.26 Å². The molecule has 8 nitrogen and oxygen atoms in total. The maximum atomic E-state index is 15.5. The van der Waals surface area contributed by atoms with Crippen LogP contribution < -0.4 is 4.74 Å². The van der Waals surface area contributed by atoms with Gasteiger partial charge in [0, 0.05) is 43.0 Å². The fourth-order valence-electron chi connectivity index (χ4n) is 4.56. The van der Waals surface area contributed by atoms with Crippen LogP contribution >= 0.6 is 0 Å². The predicted octanol–water partition coefficient (Wildman–Crippen LogP) is 5.90. The van der Waals surface area contributed by atoms with E-state index in [1.165, 1.54) is 43.6 Å². The minimum atomic E-state index is -1.09. The van der Waals surface area contributed by atoms with E-state index >= 15 is 8.78 Å². The fourth-order valence-corrected chi connectivity index (χ4v) is 4.56. The number of rotatable bonds is 10. The van der Waals surface area contributed by atoms with Gasteiger partial charge in [-0.2, -0.15) is 5.26 Å². The molecule has 0 fully saturated rings. The molecule has 2 aromatic heterocycles. The summed E-state index contributed by atoms with van der Waals surface area (Å²) in [4.78, 5) is 20.2. The minimum absolute atomic E-state index is 0.0251. The van der Waals surface area contributed by atoms with Crippen molar-refractivity contribution >= 4 is 17.0 Å². The van der Waals surface area contributed by atoms with Gasteiger partial charge in [-0.25, -0.2) is 27.9 Å². The first-order valence-corrected chi connectivity index (χ1v) is 12.7. The Morgan fingerprint density at radius 3 is 2.55 bits per heavy atom. The summed E-state index contributed by atoms with van der Waals surface area (Å²) in [5.41, 5.74) is 1.56. The highest BCUT2D eigenvalue weighted by molar-refractivity contribution is 5.92. The van der Waals surface area contributed by atoms with Crippen LogP contribution in [0.4, 0.5) is 13.2 Å². The number of carboxylic acids is 1. The number of carbonyl (C=O) groups is 1. The molecule has 2 heterocycles. The molecule has 11 heteroatoms. The molecule has 5 aromatic rings. The summed E-state index contributed by atoms with van der Waals surface area (Å²) in [5.74, 6) is -2.78. The van der Waals surface area contributed by atoms with Crippen LogP contribution in [0.1, 0.15) is 32.9 Å². The van der Waals surface area contributed by atoms with Crippen LogP contribution in [0.2, 0.25) is 0 Å². The van der Waals surface area contributed by atoms with Gasteiger partial charge in [0.15, 0.2) is 0 Å². The van der Waals surface area contributed by atoms with Gasteiger partial charge in [0.1, 0.15) is 29.9 Å². The molecule has 42 heavy (non-hydrogen) atoms. The molecule has 0 atom stereocenters. The van der Waals surface area contributed by atoms with Crippen LogP contribution in [0.5, 0.6) is 5.88 Å². The number of hydrogen-bond donors (Lipinski definition) is 1. The van der Waals surface area contributed by atoms with Crippen LogP contribution in [-0.4, -0.2) is 39.3 Å². The number of carboxylic acid groups (broad SMARTS) is 1. The number of hydrogen-bond acceptors (Lipinski definition) is 6. The monoisotopic (exact) mass is 572 g/mol. The number of halogens is 3. The molecule has 212 valence electrons. The lowest BCUT2D eigenvalue weighted by atomic mass is 10.0. The fraction of sp³-hybridized carbons (Fsp3) is 0.161. The molecule has 1 N–H and O–H groups in total. The second-order valence-electron chi connectivity index (χ2n) is 9.34. The van der Waals surface area contributed by atoms with Crippen molar-refractivity contribution in [2.45, 2.75) is 19.6 Å². The Labute approximate surface area is 238 Å². The van der Waals surface area contributed by atoms with E-state index in [1.54, 1.807) is 16.7 Å². The molecular weight excluding hydrogens is 549 g/mol. The van der Waals surface area contributed by atoms with Crippen LogP contribution in [0, 0.1) is 28.8 Å². The molecule has 0 bridgehead atoms. The smallest absolute Gasteiger partial charge is 0.335 e. The highest BCUT2D eigenvalue weighted by Gasteiger charge is 2.20. The minimum Gasteiger partial charge on any atom is -0.478 e. The molecule has 0 aliphatic carbocycles. The lowest BCUT2D eigenvalue weighted by Crippen LogP contribution is -2.10. The number of nitriles is 1. The molecule has 0 unspecified atom stereocenters. The SMILES string of the molecule is COCCn1c(Cc2cc(F)c(-c3cccnc3OCc3ccc(C#N)cc3F)cc2F)nc2ccc(C(=O)O)cc21. The van der Waals surface area contributed by atoms with E-state index in [9.17, 15) is 14.3 Å². The molecule has 0 amide bonds. The number of ether oxygens (including phenoxy) is 2. The van der Waals surface area contributed by atoms with Gasteiger partial charge in [-0.1, -0.05) is 6.07 Å². The van der Waals surface area contributed by atoms with Gasteiger partial charge < -0.3 is 19.1 Å². The zero-order valence-corrected chi connectivity index (χ0v) is 22.3. The van der Waals surface area contributed by atoms with Crippen molar-refractivity contribution in [3.63, 3.8) is 0 Å².